The van der Waals surface area contributed by atoms with E-state index in [1.807, 2.05) is 39.0 Å². The summed E-state index contributed by atoms with van der Waals surface area (Å²) >= 11 is 8.07. The molecule has 3 aromatic heterocycles. The molecule has 0 saturated carbocycles. The van der Waals surface area contributed by atoms with Gasteiger partial charge in [0.25, 0.3) is 0 Å². The Kier molecular flexibility index (Phi) is 6.77. The molecule has 2 aromatic carbocycles. The van der Waals surface area contributed by atoms with Gasteiger partial charge in [-0.3, -0.25) is 10.3 Å². The second kappa shape index (κ2) is 10.4. The third kappa shape index (κ3) is 4.93. The number of aromatic nitrogens is 4. The normalized spacial score (nSPS) is 14.4. The Morgan fingerprint density at radius 3 is 2.77 bits per heavy atom. The summed E-state index contributed by atoms with van der Waals surface area (Å²) in [5, 5.41) is 3.83. The van der Waals surface area contributed by atoms with Crippen LogP contribution in [-0.4, -0.2) is 52.5 Å². The molecular weight excluding hydrogens is 554 g/mol. The molecular formula is C28H24ClN5O5S. The molecule has 0 bridgehead atoms. The summed E-state index contributed by atoms with van der Waals surface area (Å²) in [6, 6.07) is 7.48. The van der Waals surface area contributed by atoms with Gasteiger partial charge in [0.1, 0.15) is 28.4 Å². The molecule has 204 valence electrons. The van der Waals surface area contributed by atoms with Gasteiger partial charge in [0.2, 0.25) is 5.88 Å². The Balaban J connectivity index is 1.23. The summed E-state index contributed by atoms with van der Waals surface area (Å²) in [6.45, 7) is 6.00. The van der Waals surface area contributed by atoms with Crippen LogP contribution in [0, 0.1) is 20.8 Å². The fraction of sp³-hybridized carbons (Fsp3) is 0.250. The van der Waals surface area contributed by atoms with E-state index >= 15 is 0 Å². The topological polar surface area (TPSA) is 118 Å². The van der Waals surface area contributed by atoms with Crippen LogP contribution in [0.4, 0.5) is 10.5 Å². The molecule has 5 aromatic rings. The quantitative estimate of drug-likeness (QED) is 0.257. The van der Waals surface area contributed by atoms with Crippen LogP contribution < -0.4 is 19.5 Å². The standard InChI is InChI=1S/C28H24ClN5O5S/c1-13-5-18(23-20(6-13)33-22(36-4)10-31-23)27-34-24-19(29)8-21-25(26(24)40-27)37-11-17(39-21)12-38-28(35)32-16-7-14(2)15(3)30-9-16/h5-10,17H,11-12H2,1-4H3,(H,32,35)/t17-/m1/s1. The minimum absolute atomic E-state index is 0.00937. The Hall–Kier alpha value is -4.22. The summed E-state index contributed by atoms with van der Waals surface area (Å²) < 4.78 is 23.6. The lowest BCUT2D eigenvalue weighted by atomic mass is 10.1. The smallest absolute Gasteiger partial charge is 0.411 e. The zero-order valence-electron chi connectivity index (χ0n) is 22.1. The minimum Gasteiger partial charge on any atom is -0.484 e. The van der Waals surface area contributed by atoms with E-state index < -0.39 is 12.2 Å². The van der Waals surface area contributed by atoms with E-state index in [1.165, 1.54) is 11.3 Å². The van der Waals surface area contributed by atoms with E-state index in [0.717, 1.165) is 32.1 Å². The summed E-state index contributed by atoms with van der Waals surface area (Å²) in [7, 11) is 1.56. The lowest BCUT2D eigenvalue weighted by molar-refractivity contribution is 0.0384. The highest BCUT2D eigenvalue weighted by molar-refractivity contribution is 7.22. The van der Waals surface area contributed by atoms with Gasteiger partial charge in [-0.15, -0.1) is 11.3 Å². The molecule has 4 heterocycles. The predicted molar refractivity (Wildman–Crippen MR) is 153 cm³/mol. The molecule has 6 rings (SSSR count). The predicted octanol–water partition coefficient (Wildman–Crippen LogP) is 6.28. The first-order chi connectivity index (χ1) is 19.3. The summed E-state index contributed by atoms with van der Waals surface area (Å²) in [4.78, 5) is 30.5. The number of pyridine rings is 1. The minimum atomic E-state index is -0.605. The number of halogens is 1. The molecule has 40 heavy (non-hydrogen) atoms. The Morgan fingerprint density at radius 2 is 1.98 bits per heavy atom. The average molecular weight is 578 g/mol. The van der Waals surface area contributed by atoms with Crippen LogP contribution in [-0.2, 0) is 4.74 Å². The number of ether oxygens (including phenoxy) is 4. The average Bonchev–Trinajstić information content (AvgIpc) is 3.39. The van der Waals surface area contributed by atoms with Gasteiger partial charge >= 0.3 is 6.09 Å². The highest BCUT2D eigenvalue weighted by atomic mass is 35.5. The highest BCUT2D eigenvalue weighted by Gasteiger charge is 2.28. The van der Waals surface area contributed by atoms with Crippen molar-refractivity contribution in [2.24, 2.45) is 0 Å². The van der Waals surface area contributed by atoms with E-state index in [0.29, 0.717) is 44.6 Å². The summed E-state index contributed by atoms with van der Waals surface area (Å²) in [6.07, 6.45) is 2.05. The number of thiazole rings is 1. The van der Waals surface area contributed by atoms with Crippen LogP contribution in [0.5, 0.6) is 17.4 Å². The van der Waals surface area contributed by atoms with Gasteiger partial charge in [0, 0.05) is 17.3 Å². The number of nitrogens with zero attached hydrogens (tertiary/aromatic N) is 4. The van der Waals surface area contributed by atoms with Gasteiger partial charge < -0.3 is 18.9 Å². The first-order valence-electron chi connectivity index (χ1n) is 12.4. The highest BCUT2D eigenvalue weighted by Crippen LogP contribution is 2.47. The fourth-order valence-corrected chi connectivity index (χ4v) is 5.74. The number of hydrogen-bond donors (Lipinski definition) is 1. The van der Waals surface area contributed by atoms with E-state index in [-0.39, 0.29) is 13.2 Å². The first-order valence-corrected chi connectivity index (χ1v) is 13.6. The maximum atomic E-state index is 12.3. The second-order valence-electron chi connectivity index (χ2n) is 9.38. The molecule has 0 spiro atoms. The van der Waals surface area contributed by atoms with Crippen molar-refractivity contribution in [2.45, 2.75) is 26.9 Å². The lowest BCUT2D eigenvalue weighted by Crippen LogP contribution is -2.35. The molecule has 1 amide bonds. The van der Waals surface area contributed by atoms with E-state index in [2.05, 4.69) is 20.3 Å². The van der Waals surface area contributed by atoms with Crippen LogP contribution in [0.2, 0.25) is 5.02 Å². The number of nitrogens with one attached hydrogen (secondary N) is 1. The van der Waals surface area contributed by atoms with Crippen molar-refractivity contribution in [3.8, 4) is 28.0 Å². The molecule has 0 saturated heterocycles. The Morgan fingerprint density at radius 1 is 1.12 bits per heavy atom. The van der Waals surface area contributed by atoms with Gasteiger partial charge in [-0.2, -0.15) is 0 Å². The lowest BCUT2D eigenvalue weighted by Gasteiger charge is -2.26. The van der Waals surface area contributed by atoms with Crippen molar-refractivity contribution in [3.63, 3.8) is 0 Å². The molecule has 1 atom stereocenters. The zero-order chi connectivity index (χ0) is 28.0. The molecule has 10 nitrogen and oxygen atoms in total. The van der Waals surface area contributed by atoms with Gasteiger partial charge in [0.15, 0.2) is 17.6 Å². The number of methoxy groups -OCH3 is 1. The van der Waals surface area contributed by atoms with Gasteiger partial charge in [-0.05, 0) is 50.1 Å². The van der Waals surface area contributed by atoms with Crippen LogP contribution >= 0.6 is 22.9 Å². The number of benzene rings is 2. The molecule has 1 aliphatic heterocycles. The van der Waals surface area contributed by atoms with E-state index in [1.54, 1.807) is 25.6 Å². The van der Waals surface area contributed by atoms with Gasteiger partial charge in [-0.1, -0.05) is 11.6 Å². The largest absolute Gasteiger partial charge is 0.484 e. The molecule has 0 unspecified atom stereocenters. The van der Waals surface area contributed by atoms with Crippen molar-refractivity contribution in [3.05, 3.63) is 58.5 Å². The molecule has 1 aliphatic rings. The van der Waals surface area contributed by atoms with Crippen LogP contribution in [0.15, 0.2) is 36.7 Å². The fourth-order valence-electron chi connectivity index (χ4n) is 4.35. The number of carbonyl (C=O) groups excluding carboxylic acids is 1. The van der Waals surface area contributed by atoms with Crippen LogP contribution in [0.3, 0.4) is 0 Å². The molecule has 12 heteroatoms. The third-order valence-electron chi connectivity index (χ3n) is 6.44. The maximum absolute atomic E-state index is 12.3. The number of anilines is 1. The van der Waals surface area contributed by atoms with Crippen molar-refractivity contribution in [1.29, 1.82) is 0 Å². The number of amides is 1. The summed E-state index contributed by atoms with van der Waals surface area (Å²) in [5.74, 6) is 1.45. The van der Waals surface area contributed by atoms with E-state index in [4.69, 9.17) is 35.5 Å². The number of hydrogen-bond acceptors (Lipinski definition) is 10. The number of fused-ring (bicyclic) bond motifs is 4. The van der Waals surface area contributed by atoms with Crippen molar-refractivity contribution < 1.29 is 23.7 Å². The first kappa shape index (κ1) is 26.0. The van der Waals surface area contributed by atoms with Crippen LogP contribution in [0.1, 0.15) is 16.8 Å². The van der Waals surface area contributed by atoms with Gasteiger partial charge in [-0.25, -0.2) is 19.7 Å². The van der Waals surface area contributed by atoms with Crippen molar-refractivity contribution >= 4 is 56.0 Å². The van der Waals surface area contributed by atoms with Crippen molar-refractivity contribution in [2.75, 3.05) is 25.6 Å². The Labute approximate surface area is 238 Å². The third-order valence-corrected chi connectivity index (χ3v) is 7.82. The van der Waals surface area contributed by atoms with Crippen LogP contribution in [0.25, 0.3) is 31.8 Å². The number of rotatable bonds is 5. The van der Waals surface area contributed by atoms with Gasteiger partial charge in [0.05, 0.1) is 41.2 Å². The maximum Gasteiger partial charge on any atom is 0.411 e. The molecule has 0 aliphatic carbocycles. The Bertz CT molecular complexity index is 1790. The molecule has 0 fully saturated rings. The SMILES string of the molecule is COc1cnc2c(-c3nc4c(Cl)cc5c(c4s3)OC[C@H](COC(=O)Nc3cnc(C)c(C)c3)O5)cc(C)cc2n1. The summed E-state index contributed by atoms with van der Waals surface area (Å²) in [5.41, 5.74) is 6.30. The molecule has 1 N–H and O–H groups in total. The molecule has 0 radical (unpaired) electrons. The monoisotopic (exact) mass is 577 g/mol. The number of aryl methyl sites for hydroxylation is 3. The number of carbonyl (C=O) groups is 1. The van der Waals surface area contributed by atoms with Crippen molar-refractivity contribution in [1.82, 2.24) is 19.9 Å². The zero-order valence-corrected chi connectivity index (χ0v) is 23.6. The second-order valence-corrected chi connectivity index (χ2v) is 10.8. The van der Waals surface area contributed by atoms with E-state index in [9.17, 15) is 4.79 Å².